The number of hydrogen-bond donors (Lipinski definition) is 1. The van der Waals surface area contributed by atoms with Crippen LogP contribution in [0.3, 0.4) is 0 Å². The Morgan fingerprint density at radius 3 is 2.19 bits per heavy atom. The van der Waals surface area contributed by atoms with Crippen LogP contribution in [0.25, 0.3) is 0 Å². The SMILES string of the molecule is COC1(COc2ccc(C(N)C(C)(C)C)cc2)CCCC1. The molecule has 1 unspecified atom stereocenters. The maximum atomic E-state index is 6.28. The molecule has 118 valence electrons. The van der Waals surface area contributed by atoms with Gasteiger partial charge in [0.2, 0.25) is 0 Å². The fourth-order valence-electron chi connectivity index (χ4n) is 2.91. The standard InChI is InChI=1S/C18H29NO2/c1-17(2,3)16(19)14-7-9-15(10-8-14)21-13-18(20-4)11-5-6-12-18/h7-10,16H,5-6,11-13,19H2,1-4H3. The van der Waals surface area contributed by atoms with E-state index in [1.165, 1.54) is 12.8 Å². The van der Waals surface area contributed by atoms with Crippen LogP contribution in [0.4, 0.5) is 0 Å². The normalized spacial score (nSPS) is 19.5. The number of ether oxygens (including phenoxy) is 2. The lowest BCUT2D eigenvalue weighted by atomic mass is 9.83. The minimum absolute atomic E-state index is 0.0340. The third kappa shape index (κ3) is 3.98. The number of nitrogens with two attached hydrogens (primary N) is 1. The molecule has 2 N–H and O–H groups in total. The van der Waals surface area contributed by atoms with Crippen molar-refractivity contribution in [2.24, 2.45) is 11.1 Å². The predicted molar refractivity (Wildman–Crippen MR) is 86.5 cm³/mol. The average Bonchev–Trinajstić information content (AvgIpc) is 2.93. The first-order chi connectivity index (χ1) is 9.86. The van der Waals surface area contributed by atoms with Crippen molar-refractivity contribution in [1.82, 2.24) is 0 Å². The fraction of sp³-hybridized carbons (Fsp3) is 0.667. The van der Waals surface area contributed by atoms with E-state index in [4.69, 9.17) is 15.2 Å². The second-order valence-electron chi connectivity index (χ2n) is 7.30. The van der Waals surface area contributed by atoms with Crippen LogP contribution < -0.4 is 10.5 Å². The van der Waals surface area contributed by atoms with E-state index < -0.39 is 0 Å². The van der Waals surface area contributed by atoms with Gasteiger partial charge in [-0.15, -0.1) is 0 Å². The van der Waals surface area contributed by atoms with Gasteiger partial charge in [-0.1, -0.05) is 45.7 Å². The quantitative estimate of drug-likeness (QED) is 0.889. The molecule has 1 atom stereocenters. The Morgan fingerprint density at radius 2 is 1.71 bits per heavy atom. The summed E-state index contributed by atoms with van der Waals surface area (Å²) in [5.74, 6) is 0.892. The van der Waals surface area contributed by atoms with Gasteiger partial charge in [-0.2, -0.15) is 0 Å². The topological polar surface area (TPSA) is 44.5 Å². The van der Waals surface area contributed by atoms with Gasteiger partial charge in [0, 0.05) is 13.2 Å². The molecule has 0 bridgehead atoms. The molecule has 0 heterocycles. The molecular formula is C18H29NO2. The zero-order chi connectivity index (χ0) is 15.5. The lowest BCUT2D eigenvalue weighted by Gasteiger charge is -2.28. The summed E-state index contributed by atoms with van der Waals surface area (Å²) in [5, 5.41) is 0. The maximum Gasteiger partial charge on any atom is 0.119 e. The minimum atomic E-state index is -0.0829. The molecule has 0 aromatic heterocycles. The molecule has 3 heteroatoms. The van der Waals surface area contributed by atoms with Crippen LogP contribution in [-0.2, 0) is 4.74 Å². The Hall–Kier alpha value is -1.06. The summed E-state index contributed by atoms with van der Waals surface area (Å²) in [6.07, 6.45) is 4.65. The second kappa shape index (κ2) is 6.37. The molecule has 0 spiro atoms. The van der Waals surface area contributed by atoms with E-state index in [9.17, 15) is 0 Å². The molecule has 1 saturated carbocycles. The van der Waals surface area contributed by atoms with Crippen LogP contribution in [0.15, 0.2) is 24.3 Å². The van der Waals surface area contributed by atoms with Crippen molar-refractivity contribution in [3.8, 4) is 5.75 Å². The van der Waals surface area contributed by atoms with Crippen molar-refractivity contribution in [3.05, 3.63) is 29.8 Å². The second-order valence-corrected chi connectivity index (χ2v) is 7.30. The first-order valence-electron chi connectivity index (χ1n) is 7.90. The van der Waals surface area contributed by atoms with Gasteiger partial charge in [0.25, 0.3) is 0 Å². The third-order valence-corrected chi connectivity index (χ3v) is 4.62. The van der Waals surface area contributed by atoms with Crippen LogP contribution >= 0.6 is 0 Å². The van der Waals surface area contributed by atoms with E-state index in [-0.39, 0.29) is 17.1 Å². The summed E-state index contributed by atoms with van der Waals surface area (Å²) in [6, 6.07) is 8.20. The molecule has 1 aliphatic rings. The van der Waals surface area contributed by atoms with Crippen molar-refractivity contribution in [1.29, 1.82) is 0 Å². The smallest absolute Gasteiger partial charge is 0.119 e. The summed E-state index contributed by atoms with van der Waals surface area (Å²) >= 11 is 0. The summed E-state index contributed by atoms with van der Waals surface area (Å²) in [6.45, 7) is 7.10. The minimum Gasteiger partial charge on any atom is -0.491 e. The molecule has 0 saturated heterocycles. The third-order valence-electron chi connectivity index (χ3n) is 4.62. The molecular weight excluding hydrogens is 262 g/mol. The lowest BCUT2D eigenvalue weighted by molar-refractivity contribution is -0.0385. The van der Waals surface area contributed by atoms with Gasteiger partial charge in [-0.3, -0.25) is 0 Å². The van der Waals surface area contributed by atoms with Crippen molar-refractivity contribution in [3.63, 3.8) is 0 Å². The summed E-state index contributed by atoms with van der Waals surface area (Å²) < 4.78 is 11.6. The largest absolute Gasteiger partial charge is 0.491 e. The van der Waals surface area contributed by atoms with Crippen LogP contribution in [0.1, 0.15) is 58.1 Å². The van der Waals surface area contributed by atoms with E-state index in [2.05, 4.69) is 32.9 Å². The summed E-state index contributed by atoms with van der Waals surface area (Å²) in [7, 11) is 1.79. The molecule has 1 aromatic rings. The van der Waals surface area contributed by atoms with Crippen LogP contribution in [0, 0.1) is 5.41 Å². The Kier molecular flexibility index (Phi) is 4.95. The van der Waals surface area contributed by atoms with Crippen molar-refractivity contribution in [2.45, 2.75) is 58.1 Å². The fourth-order valence-corrected chi connectivity index (χ4v) is 2.91. The molecule has 0 amide bonds. The molecule has 3 nitrogen and oxygen atoms in total. The Morgan fingerprint density at radius 1 is 1.14 bits per heavy atom. The van der Waals surface area contributed by atoms with Gasteiger partial charge in [0.15, 0.2) is 0 Å². The van der Waals surface area contributed by atoms with Gasteiger partial charge in [-0.25, -0.2) is 0 Å². The lowest BCUT2D eigenvalue weighted by Crippen LogP contribution is -2.35. The molecule has 21 heavy (non-hydrogen) atoms. The van der Waals surface area contributed by atoms with Crippen molar-refractivity contribution < 1.29 is 9.47 Å². The predicted octanol–water partition coefficient (Wildman–Crippen LogP) is 4.07. The molecule has 0 aliphatic heterocycles. The first-order valence-corrected chi connectivity index (χ1v) is 7.90. The Bertz CT molecular complexity index is 441. The van der Waals surface area contributed by atoms with Gasteiger partial charge in [-0.05, 0) is 36.0 Å². The highest BCUT2D eigenvalue weighted by Gasteiger charge is 2.34. The van der Waals surface area contributed by atoms with Gasteiger partial charge < -0.3 is 15.2 Å². The van der Waals surface area contributed by atoms with Crippen LogP contribution in [0.5, 0.6) is 5.75 Å². The Balaban J connectivity index is 1.96. The van der Waals surface area contributed by atoms with E-state index in [1.54, 1.807) is 7.11 Å². The maximum absolute atomic E-state index is 6.28. The van der Waals surface area contributed by atoms with Gasteiger partial charge in [0.1, 0.15) is 18.0 Å². The number of rotatable bonds is 5. The highest BCUT2D eigenvalue weighted by Crippen LogP contribution is 2.34. The van der Waals surface area contributed by atoms with Crippen LogP contribution in [0.2, 0.25) is 0 Å². The highest BCUT2D eigenvalue weighted by atomic mass is 16.5. The zero-order valence-electron chi connectivity index (χ0n) is 13.8. The van der Waals surface area contributed by atoms with Gasteiger partial charge >= 0.3 is 0 Å². The number of hydrogen-bond acceptors (Lipinski definition) is 3. The monoisotopic (exact) mass is 291 g/mol. The molecule has 2 rings (SSSR count). The molecule has 1 aliphatic carbocycles. The number of benzene rings is 1. The molecule has 1 aromatic carbocycles. The van der Waals surface area contributed by atoms with E-state index in [0.717, 1.165) is 24.2 Å². The highest BCUT2D eigenvalue weighted by molar-refractivity contribution is 5.30. The van der Waals surface area contributed by atoms with Crippen molar-refractivity contribution in [2.75, 3.05) is 13.7 Å². The summed E-state index contributed by atoms with van der Waals surface area (Å²) in [4.78, 5) is 0. The van der Waals surface area contributed by atoms with Crippen molar-refractivity contribution >= 4 is 0 Å². The number of methoxy groups -OCH3 is 1. The molecule has 1 fully saturated rings. The van der Waals surface area contributed by atoms with E-state index >= 15 is 0 Å². The Labute approximate surface area is 128 Å². The van der Waals surface area contributed by atoms with E-state index in [0.29, 0.717) is 6.61 Å². The summed E-state index contributed by atoms with van der Waals surface area (Å²) in [5.41, 5.74) is 7.41. The average molecular weight is 291 g/mol. The molecule has 0 radical (unpaired) electrons. The van der Waals surface area contributed by atoms with Crippen LogP contribution in [-0.4, -0.2) is 19.3 Å². The van der Waals surface area contributed by atoms with Gasteiger partial charge in [0.05, 0.1) is 0 Å². The zero-order valence-corrected chi connectivity index (χ0v) is 13.8. The van der Waals surface area contributed by atoms with E-state index in [1.807, 2.05) is 12.1 Å². The first kappa shape index (κ1) is 16.3.